The van der Waals surface area contributed by atoms with Gasteiger partial charge >= 0.3 is 0 Å². The number of halogens is 1. The zero-order valence-corrected chi connectivity index (χ0v) is 16.3. The maximum absolute atomic E-state index is 12.3. The van der Waals surface area contributed by atoms with Crippen molar-refractivity contribution < 1.29 is 19.0 Å². The normalized spacial score (nSPS) is 10.3. The molecule has 0 saturated heterocycles. The number of anilines is 1. The van der Waals surface area contributed by atoms with Crippen LogP contribution in [0, 0.1) is 6.92 Å². The van der Waals surface area contributed by atoms with Crippen LogP contribution >= 0.6 is 11.6 Å². The standard InChI is InChI=1S/C20H24ClNO4/c1-5-26-17-8-6-14(11-19(17)25-4)7-9-20(23)22-16-10-13(2)15(21)12-18(16)24-3/h6,8,10-12H,5,7,9H2,1-4H3,(H,22,23). The van der Waals surface area contributed by atoms with Crippen molar-refractivity contribution >= 4 is 23.2 Å². The van der Waals surface area contributed by atoms with Gasteiger partial charge in [-0.1, -0.05) is 17.7 Å². The van der Waals surface area contributed by atoms with E-state index in [1.165, 1.54) is 0 Å². The van der Waals surface area contributed by atoms with Crippen LogP contribution in [0.15, 0.2) is 30.3 Å². The third-order valence-electron chi connectivity index (χ3n) is 3.92. The van der Waals surface area contributed by atoms with Gasteiger partial charge in [0.05, 0.1) is 26.5 Å². The Morgan fingerprint density at radius 3 is 2.46 bits per heavy atom. The molecular weight excluding hydrogens is 354 g/mol. The van der Waals surface area contributed by atoms with Gasteiger partial charge in [0.1, 0.15) is 5.75 Å². The monoisotopic (exact) mass is 377 g/mol. The van der Waals surface area contributed by atoms with Crippen LogP contribution < -0.4 is 19.5 Å². The van der Waals surface area contributed by atoms with E-state index in [9.17, 15) is 4.79 Å². The molecule has 0 bridgehead atoms. The van der Waals surface area contributed by atoms with Crippen LogP contribution in [0.25, 0.3) is 0 Å². The molecule has 5 nitrogen and oxygen atoms in total. The summed E-state index contributed by atoms with van der Waals surface area (Å²) in [6.07, 6.45) is 0.922. The van der Waals surface area contributed by atoms with Gasteiger partial charge in [-0.3, -0.25) is 4.79 Å². The maximum atomic E-state index is 12.3. The Morgan fingerprint density at radius 2 is 1.81 bits per heavy atom. The van der Waals surface area contributed by atoms with E-state index in [2.05, 4.69) is 5.32 Å². The molecular formula is C20H24ClNO4. The van der Waals surface area contributed by atoms with Gasteiger partial charge in [-0.15, -0.1) is 0 Å². The highest BCUT2D eigenvalue weighted by atomic mass is 35.5. The second-order valence-corrected chi connectivity index (χ2v) is 6.18. The number of rotatable bonds is 8. The summed E-state index contributed by atoms with van der Waals surface area (Å²) in [4.78, 5) is 12.3. The van der Waals surface area contributed by atoms with E-state index >= 15 is 0 Å². The number of hydrogen-bond donors (Lipinski definition) is 1. The minimum Gasteiger partial charge on any atom is -0.495 e. The highest BCUT2D eigenvalue weighted by molar-refractivity contribution is 6.31. The molecule has 1 N–H and O–H groups in total. The molecule has 0 aliphatic heterocycles. The molecule has 0 radical (unpaired) electrons. The second kappa shape index (κ2) is 9.34. The van der Waals surface area contributed by atoms with Crippen LogP contribution in [0.1, 0.15) is 24.5 Å². The molecule has 2 rings (SSSR count). The first-order valence-corrected chi connectivity index (χ1v) is 8.80. The fourth-order valence-corrected chi connectivity index (χ4v) is 2.70. The molecule has 0 saturated carbocycles. The summed E-state index contributed by atoms with van der Waals surface area (Å²) in [6.45, 7) is 4.37. The second-order valence-electron chi connectivity index (χ2n) is 5.77. The van der Waals surface area contributed by atoms with Gasteiger partial charge < -0.3 is 19.5 Å². The molecule has 0 spiro atoms. The number of ether oxygens (including phenoxy) is 3. The Labute approximate surface area is 159 Å². The van der Waals surface area contributed by atoms with Crippen LogP contribution in [-0.4, -0.2) is 26.7 Å². The van der Waals surface area contributed by atoms with E-state index in [0.29, 0.717) is 47.4 Å². The summed E-state index contributed by atoms with van der Waals surface area (Å²) < 4.78 is 16.1. The largest absolute Gasteiger partial charge is 0.495 e. The number of carbonyl (C=O) groups excluding carboxylic acids is 1. The summed E-state index contributed by atoms with van der Waals surface area (Å²) in [5, 5.41) is 3.48. The Balaban J connectivity index is 2.02. The summed E-state index contributed by atoms with van der Waals surface area (Å²) >= 11 is 6.09. The molecule has 0 heterocycles. The number of amides is 1. The van der Waals surface area contributed by atoms with Gasteiger partial charge in [-0.25, -0.2) is 0 Å². The van der Waals surface area contributed by atoms with Crippen LogP contribution in [0.2, 0.25) is 5.02 Å². The van der Waals surface area contributed by atoms with Crippen molar-refractivity contribution in [2.75, 3.05) is 26.1 Å². The van der Waals surface area contributed by atoms with Crippen molar-refractivity contribution in [3.8, 4) is 17.2 Å². The predicted octanol–water partition coefficient (Wildman–Crippen LogP) is 4.64. The Morgan fingerprint density at radius 1 is 1.08 bits per heavy atom. The molecule has 0 atom stereocenters. The molecule has 2 aromatic carbocycles. The van der Waals surface area contributed by atoms with Gasteiger partial charge in [0.2, 0.25) is 5.91 Å². The molecule has 0 unspecified atom stereocenters. The first kappa shape index (κ1) is 19.9. The average molecular weight is 378 g/mol. The number of methoxy groups -OCH3 is 2. The lowest BCUT2D eigenvalue weighted by molar-refractivity contribution is -0.116. The summed E-state index contributed by atoms with van der Waals surface area (Å²) in [6, 6.07) is 9.20. The van der Waals surface area contributed by atoms with Gasteiger partial charge in [0.25, 0.3) is 0 Å². The first-order chi connectivity index (χ1) is 12.5. The molecule has 140 valence electrons. The Bertz CT molecular complexity index is 777. The topological polar surface area (TPSA) is 56.8 Å². The van der Waals surface area contributed by atoms with Crippen molar-refractivity contribution in [1.29, 1.82) is 0 Å². The molecule has 0 aliphatic carbocycles. The van der Waals surface area contributed by atoms with Crippen molar-refractivity contribution in [2.45, 2.75) is 26.7 Å². The van der Waals surface area contributed by atoms with Crippen molar-refractivity contribution in [1.82, 2.24) is 0 Å². The summed E-state index contributed by atoms with van der Waals surface area (Å²) in [5.74, 6) is 1.80. The van der Waals surface area contributed by atoms with Gasteiger partial charge in [0.15, 0.2) is 11.5 Å². The van der Waals surface area contributed by atoms with Crippen molar-refractivity contribution in [2.24, 2.45) is 0 Å². The van der Waals surface area contributed by atoms with Crippen LogP contribution in [0.3, 0.4) is 0 Å². The molecule has 26 heavy (non-hydrogen) atoms. The van der Waals surface area contributed by atoms with Crippen molar-refractivity contribution in [3.63, 3.8) is 0 Å². The van der Waals surface area contributed by atoms with Crippen LogP contribution in [0.4, 0.5) is 5.69 Å². The number of aryl methyl sites for hydroxylation is 2. The highest BCUT2D eigenvalue weighted by Gasteiger charge is 2.11. The minimum absolute atomic E-state index is 0.0992. The van der Waals surface area contributed by atoms with E-state index < -0.39 is 0 Å². The smallest absolute Gasteiger partial charge is 0.224 e. The van der Waals surface area contributed by atoms with E-state index in [-0.39, 0.29) is 5.91 Å². The SMILES string of the molecule is CCOc1ccc(CCC(=O)Nc2cc(C)c(Cl)cc2OC)cc1OC. The van der Waals surface area contributed by atoms with Gasteiger partial charge in [-0.05, 0) is 49.6 Å². The summed E-state index contributed by atoms with van der Waals surface area (Å²) in [5.41, 5.74) is 2.49. The lowest BCUT2D eigenvalue weighted by Crippen LogP contribution is -2.13. The predicted molar refractivity (Wildman–Crippen MR) is 104 cm³/mol. The molecule has 1 amide bonds. The van der Waals surface area contributed by atoms with E-state index in [0.717, 1.165) is 11.1 Å². The lowest BCUT2D eigenvalue weighted by Gasteiger charge is -2.13. The minimum atomic E-state index is -0.0992. The van der Waals surface area contributed by atoms with Crippen LogP contribution in [-0.2, 0) is 11.2 Å². The quantitative estimate of drug-likeness (QED) is 0.728. The summed E-state index contributed by atoms with van der Waals surface area (Å²) in [7, 11) is 3.15. The van der Waals surface area contributed by atoms with Crippen molar-refractivity contribution in [3.05, 3.63) is 46.5 Å². The Hall–Kier alpha value is -2.40. The zero-order valence-electron chi connectivity index (χ0n) is 15.5. The van der Waals surface area contributed by atoms with Gasteiger partial charge in [-0.2, -0.15) is 0 Å². The highest BCUT2D eigenvalue weighted by Crippen LogP contribution is 2.31. The number of benzene rings is 2. The number of hydrogen-bond acceptors (Lipinski definition) is 4. The fourth-order valence-electron chi connectivity index (χ4n) is 2.54. The zero-order chi connectivity index (χ0) is 19.1. The van der Waals surface area contributed by atoms with Gasteiger partial charge in [0, 0.05) is 17.5 Å². The van der Waals surface area contributed by atoms with Crippen LogP contribution in [0.5, 0.6) is 17.2 Å². The first-order valence-electron chi connectivity index (χ1n) is 8.42. The van der Waals surface area contributed by atoms with E-state index in [4.69, 9.17) is 25.8 Å². The maximum Gasteiger partial charge on any atom is 0.224 e. The number of nitrogens with one attached hydrogen (secondary N) is 1. The fraction of sp³-hybridized carbons (Fsp3) is 0.350. The molecule has 6 heteroatoms. The molecule has 0 fully saturated rings. The molecule has 0 aliphatic rings. The third kappa shape index (κ3) is 5.05. The number of carbonyl (C=O) groups is 1. The third-order valence-corrected chi connectivity index (χ3v) is 4.33. The molecule has 2 aromatic rings. The van der Waals surface area contributed by atoms with E-state index in [1.54, 1.807) is 26.4 Å². The molecule has 0 aromatic heterocycles. The lowest BCUT2D eigenvalue weighted by atomic mass is 10.1. The van der Waals surface area contributed by atoms with E-state index in [1.807, 2.05) is 32.0 Å². The Kier molecular flexibility index (Phi) is 7.16. The average Bonchev–Trinajstić information content (AvgIpc) is 2.63.